The maximum Gasteiger partial charge on any atom is 0.0726 e. The second-order valence-electron chi connectivity index (χ2n) is 23.3. The molecule has 0 saturated heterocycles. The van der Waals surface area contributed by atoms with Gasteiger partial charge in [-0.05, 0) is 141 Å². The van der Waals surface area contributed by atoms with E-state index in [1.54, 1.807) is 0 Å². The smallest absolute Gasteiger partial charge is 0.0726 e. The van der Waals surface area contributed by atoms with Crippen LogP contribution in [0.4, 0.5) is 17.1 Å². The molecule has 0 amide bonds. The van der Waals surface area contributed by atoms with Gasteiger partial charge in [0.05, 0.1) is 16.8 Å². The SMILES string of the molecule is CC(C)(C)c1ccc(N(c2ccc3c(c2)C2(c4ccccc4-3)c3cc(C(C)(C)C)ccc3-c3ccc(C(C)(C)C)cc32)c2ccccc2-c2cccc3cccc(-c4ccccc4)c23)c(-c2ccccc2)c1. The minimum absolute atomic E-state index is 0.0417. The third kappa shape index (κ3) is 7.19. The van der Waals surface area contributed by atoms with Crippen LogP contribution in [0.1, 0.15) is 101 Å². The summed E-state index contributed by atoms with van der Waals surface area (Å²) in [6.07, 6.45) is 0. The zero-order valence-corrected chi connectivity index (χ0v) is 43.2. The van der Waals surface area contributed by atoms with Crippen molar-refractivity contribution in [1.82, 2.24) is 0 Å². The van der Waals surface area contributed by atoms with Crippen LogP contribution in [0.5, 0.6) is 0 Å². The Morgan fingerprint density at radius 3 is 1.32 bits per heavy atom. The summed E-state index contributed by atoms with van der Waals surface area (Å²) in [6, 6.07) is 83.1. The fourth-order valence-corrected chi connectivity index (χ4v) is 12.0. The van der Waals surface area contributed by atoms with Crippen molar-refractivity contribution < 1.29 is 0 Å². The number of hydrogen-bond acceptors (Lipinski definition) is 1. The third-order valence-corrected chi connectivity index (χ3v) is 15.8. The van der Waals surface area contributed by atoms with Crippen molar-refractivity contribution in [2.75, 3.05) is 4.90 Å². The van der Waals surface area contributed by atoms with E-state index in [0.717, 1.165) is 17.1 Å². The Kier molecular flexibility index (Phi) is 10.5. The summed E-state index contributed by atoms with van der Waals surface area (Å²) >= 11 is 0. The molecule has 0 aromatic heterocycles. The largest absolute Gasteiger partial charge is 0.309 e. The molecule has 0 unspecified atom stereocenters. The van der Waals surface area contributed by atoms with Crippen molar-refractivity contribution in [2.24, 2.45) is 0 Å². The van der Waals surface area contributed by atoms with Gasteiger partial charge in [0.2, 0.25) is 0 Å². The van der Waals surface area contributed by atoms with Gasteiger partial charge in [-0.15, -0.1) is 0 Å². The quantitative estimate of drug-likeness (QED) is 0.161. The lowest BCUT2D eigenvalue weighted by atomic mass is 9.68. The lowest BCUT2D eigenvalue weighted by Crippen LogP contribution is -2.27. The average Bonchev–Trinajstić information content (AvgIpc) is 3.85. The highest BCUT2D eigenvalue weighted by Gasteiger charge is 2.52. The maximum absolute atomic E-state index is 2.58. The zero-order chi connectivity index (χ0) is 49.7. The summed E-state index contributed by atoms with van der Waals surface area (Å²) in [4.78, 5) is 2.58. The molecule has 0 radical (unpaired) electrons. The van der Waals surface area contributed by atoms with Crippen LogP contribution in [0.15, 0.2) is 218 Å². The molecule has 0 heterocycles. The molecule has 0 saturated carbocycles. The van der Waals surface area contributed by atoms with E-state index in [-0.39, 0.29) is 16.2 Å². The summed E-state index contributed by atoms with van der Waals surface area (Å²) in [5.74, 6) is 0. The molecule has 0 bridgehead atoms. The minimum Gasteiger partial charge on any atom is -0.309 e. The van der Waals surface area contributed by atoms with Crippen LogP contribution in [0.3, 0.4) is 0 Å². The Balaban J connectivity index is 1.19. The molecular formula is C71H63N. The summed E-state index contributed by atoms with van der Waals surface area (Å²) in [7, 11) is 0. The van der Waals surface area contributed by atoms with Crippen LogP contribution < -0.4 is 4.90 Å². The van der Waals surface area contributed by atoms with Crippen LogP contribution in [0, 0.1) is 0 Å². The molecule has 0 fully saturated rings. The van der Waals surface area contributed by atoms with Crippen molar-refractivity contribution in [3.05, 3.63) is 257 Å². The molecular weight excluding hydrogens is 867 g/mol. The Hall–Kier alpha value is -7.74. The summed E-state index contributed by atoms with van der Waals surface area (Å²) in [6.45, 7) is 21.0. The van der Waals surface area contributed by atoms with Gasteiger partial charge >= 0.3 is 0 Å². The van der Waals surface area contributed by atoms with E-state index in [1.807, 2.05) is 0 Å². The molecule has 72 heavy (non-hydrogen) atoms. The van der Waals surface area contributed by atoms with Gasteiger partial charge in [-0.2, -0.15) is 0 Å². The van der Waals surface area contributed by atoms with Gasteiger partial charge in [0.15, 0.2) is 0 Å². The van der Waals surface area contributed by atoms with Crippen molar-refractivity contribution >= 4 is 27.8 Å². The van der Waals surface area contributed by atoms with Gasteiger partial charge in [-0.25, -0.2) is 0 Å². The fraction of sp³-hybridized carbons (Fsp3) is 0.183. The normalized spacial score (nSPS) is 13.5. The van der Waals surface area contributed by atoms with Crippen LogP contribution in [-0.2, 0) is 21.7 Å². The number of hydrogen-bond donors (Lipinski definition) is 0. The molecule has 352 valence electrons. The predicted octanol–water partition coefficient (Wildman–Crippen LogP) is 19.5. The average molecular weight is 930 g/mol. The Morgan fingerprint density at radius 1 is 0.292 bits per heavy atom. The van der Waals surface area contributed by atoms with E-state index in [0.29, 0.717) is 0 Å². The number of fused-ring (bicyclic) bond motifs is 11. The summed E-state index contributed by atoms with van der Waals surface area (Å²) < 4.78 is 0. The molecule has 10 aromatic carbocycles. The molecule has 12 rings (SSSR count). The van der Waals surface area contributed by atoms with E-state index in [1.165, 1.54) is 105 Å². The Labute approximate surface area is 427 Å². The minimum atomic E-state index is -0.557. The van der Waals surface area contributed by atoms with E-state index in [4.69, 9.17) is 0 Å². The molecule has 0 atom stereocenters. The topological polar surface area (TPSA) is 3.24 Å². The number of benzene rings is 10. The zero-order valence-electron chi connectivity index (χ0n) is 43.2. The monoisotopic (exact) mass is 929 g/mol. The lowest BCUT2D eigenvalue weighted by Gasteiger charge is -2.35. The first-order valence-corrected chi connectivity index (χ1v) is 25.8. The first-order chi connectivity index (χ1) is 34.6. The van der Waals surface area contributed by atoms with E-state index in [9.17, 15) is 0 Å². The highest BCUT2D eigenvalue weighted by Crippen LogP contribution is 2.64. The molecule has 1 spiro atoms. The van der Waals surface area contributed by atoms with Crippen LogP contribution >= 0.6 is 0 Å². The first kappa shape index (κ1) is 45.4. The van der Waals surface area contributed by atoms with Gasteiger partial charge in [0.1, 0.15) is 0 Å². The molecule has 2 aliphatic rings. The number of rotatable bonds is 6. The molecule has 0 aliphatic heterocycles. The van der Waals surface area contributed by atoms with Crippen LogP contribution in [0.2, 0.25) is 0 Å². The molecule has 1 nitrogen and oxygen atoms in total. The standard InChI is InChI=1S/C71H63N/c1-68(2,3)49-36-41-66(60(42-49)47-24-14-11-15-25-47)72(65-33-19-17-29-58(65)59-31-21-27-48-26-20-30-53(67(48)59)46-22-12-10-13-23-46)52-37-40-57-54-28-16-18-32-61(54)71(64(57)45-52)62-43-50(69(4,5)6)34-38-55(62)56-39-35-51(44-63(56)71)70(7,8)9/h10-45H,1-9H3. The second kappa shape index (κ2) is 16.7. The predicted molar refractivity (Wildman–Crippen MR) is 307 cm³/mol. The van der Waals surface area contributed by atoms with E-state index in [2.05, 4.69) is 286 Å². The van der Waals surface area contributed by atoms with Crippen molar-refractivity contribution in [3.8, 4) is 55.6 Å². The molecule has 0 N–H and O–H groups in total. The number of para-hydroxylation sites is 1. The van der Waals surface area contributed by atoms with E-state index < -0.39 is 5.41 Å². The molecule has 1 heteroatoms. The van der Waals surface area contributed by atoms with Gasteiger partial charge in [0.25, 0.3) is 0 Å². The van der Waals surface area contributed by atoms with Crippen LogP contribution in [0.25, 0.3) is 66.4 Å². The van der Waals surface area contributed by atoms with E-state index >= 15 is 0 Å². The van der Waals surface area contributed by atoms with Crippen molar-refractivity contribution in [1.29, 1.82) is 0 Å². The number of nitrogens with zero attached hydrogens (tertiary/aromatic N) is 1. The molecule has 2 aliphatic carbocycles. The van der Waals surface area contributed by atoms with Gasteiger partial charge in [0, 0.05) is 16.8 Å². The van der Waals surface area contributed by atoms with Crippen molar-refractivity contribution in [2.45, 2.75) is 84.0 Å². The van der Waals surface area contributed by atoms with Gasteiger partial charge < -0.3 is 4.90 Å². The van der Waals surface area contributed by atoms with Gasteiger partial charge in [-0.3, -0.25) is 0 Å². The first-order valence-electron chi connectivity index (χ1n) is 25.8. The second-order valence-corrected chi connectivity index (χ2v) is 23.3. The maximum atomic E-state index is 2.58. The Bertz CT molecular complexity index is 3670. The fourth-order valence-electron chi connectivity index (χ4n) is 12.0. The van der Waals surface area contributed by atoms with Crippen LogP contribution in [-0.4, -0.2) is 0 Å². The number of anilines is 3. The lowest BCUT2D eigenvalue weighted by molar-refractivity contribution is 0.586. The molecule has 10 aromatic rings. The third-order valence-electron chi connectivity index (χ3n) is 15.8. The Morgan fingerprint density at radius 2 is 0.722 bits per heavy atom. The highest BCUT2D eigenvalue weighted by molar-refractivity contribution is 6.09. The summed E-state index contributed by atoms with van der Waals surface area (Å²) in [5.41, 5.74) is 24.5. The highest BCUT2D eigenvalue weighted by atomic mass is 15.1. The van der Waals surface area contributed by atoms with Gasteiger partial charge in [-0.1, -0.05) is 250 Å². The van der Waals surface area contributed by atoms with Crippen molar-refractivity contribution in [3.63, 3.8) is 0 Å². The summed E-state index contributed by atoms with van der Waals surface area (Å²) in [5, 5.41) is 2.46.